The van der Waals surface area contributed by atoms with Gasteiger partial charge >= 0.3 is 6.18 Å². The highest BCUT2D eigenvalue weighted by molar-refractivity contribution is 4.88. The Balaban J connectivity index is 2.58. The van der Waals surface area contributed by atoms with Crippen molar-refractivity contribution in [1.29, 1.82) is 0 Å². The van der Waals surface area contributed by atoms with Crippen molar-refractivity contribution in [2.75, 3.05) is 26.7 Å². The van der Waals surface area contributed by atoms with Crippen LogP contribution in [0.15, 0.2) is 0 Å². The smallest absolute Gasteiger partial charge is 0.314 e. The fourth-order valence-electron chi connectivity index (χ4n) is 3.05. The molecule has 0 atom stereocenters. The highest BCUT2D eigenvalue weighted by atomic mass is 19.4. The van der Waals surface area contributed by atoms with Crippen LogP contribution in [0, 0.1) is 5.41 Å². The lowest BCUT2D eigenvalue weighted by molar-refractivity contribution is -0.146. The van der Waals surface area contributed by atoms with Crippen LogP contribution >= 0.6 is 0 Å². The van der Waals surface area contributed by atoms with E-state index in [1.165, 1.54) is 11.3 Å². The van der Waals surface area contributed by atoms with Crippen molar-refractivity contribution < 1.29 is 13.2 Å². The summed E-state index contributed by atoms with van der Waals surface area (Å²) in [6.07, 6.45) is 1.46. The standard InChI is InChI=1S/C14H27F3N2/c1-12(2)18-9-13(7-5-4-6-8-13)10-19(3)11-14(15,16)17/h12,18H,4-11H2,1-3H3. The van der Waals surface area contributed by atoms with E-state index in [9.17, 15) is 13.2 Å². The lowest BCUT2D eigenvalue weighted by atomic mass is 9.73. The molecule has 0 spiro atoms. The predicted octanol–water partition coefficient (Wildman–Crippen LogP) is 3.43. The van der Waals surface area contributed by atoms with Crippen LogP contribution in [0.3, 0.4) is 0 Å². The highest BCUT2D eigenvalue weighted by Gasteiger charge is 2.36. The van der Waals surface area contributed by atoms with Crippen LogP contribution in [0.4, 0.5) is 13.2 Å². The quantitative estimate of drug-likeness (QED) is 0.802. The average Bonchev–Trinajstić information content (AvgIpc) is 2.25. The van der Waals surface area contributed by atoms with Gasteiger partial charge in [0, 0.05) is 19.1 Å². The molecule has 19 heavy (non-hydrogen) atoms. The van der Waals surface area contributed by atoms with Crippen LogP contribution in [0.5, 0.6) is 0 Å². The first-order chi connectivity index (χ1) is 8.72. The van der Waals surface area contributed by atoms with Gasteiger partial charge in [0.05, 0.1) is 6.54 Å². The maximum absolute atomic E-state index is 12.4. The van der Waals surface area contributed by atoms with E-state index in [1.807, 2.05) is 0 Å². The lowest BCUT2D eigenvalue weighted by Gasteiger charge is -2.41. The first kappa shape index (κ1) is 16.8. The summed E-state index contributed by atoms with van der Waals surface area (Å²) >= 11 is 0. The number of alkyl halides is 3. The molecule has 1 aliphatic rings. The molecule has 0 heterocycles. The zero-order valence-corrected chi connectivity index (χ0v) is 12.3. The molecular formula is C14H27F3N2. The Morgan fingerprint density at radius 3 is 2.21 bits per heavy atom. The van der Waals surface area contributed by atoms with E-state index in [4.69, 9.17) is 0 Å². The molecule has 0 bridgehead atoms. The minimum Gasteiger partial charge on any atom is -0.314 e. The molecule has 1 saturated carbocycles. The summed E-state index contributed by atoms with van der Waals surface area (Å²) in [5.41, 5.74) is 0.0164. The number of hydrogen-bond acceptors (Lipinski definition) is 2. The highest BCUT2D eigenvalue weighted by Crippen LogP contribution is 2.37. The van der Waals surface area contributed by atoms with Crippen LogP contribution in [0.25, 0.3) is 0 Å². The second-order valence-electron chi connectivity index (χ2n) is 6.38. The minimum atomic E-state index is -4.10. The molecule has 1 fully saturated rings. The topological polar surface area (TPSA) is 15.3 Å². The van der Waals surface area contributed by atoms with Crippen LogP contribution in [-0.4, -0.2) is 43.8 Å². The average molecular weight is 280 g/mol. The van der Waals surface area contributed by atoms with Gasteiger partial charge in [-0.15, -0.1) is 0 Å². The molecule has 0 unspecified atom stereocenters. The maximum atomic E-state index is 12.4. The summed E-state index contributed by atoms with van der Waals surface area (Å²) in [4.78, 5) is 1.44. The summed E-state index contributed by atoms with van der Waals surface area (Å²) in [6.45, 7) is 4.71. The van der Waals surface area contributed by atoms with E-state index in [1.54, 1.807) is 7.05 Å². The van der Waals surface area contributed by atoms with Crippen molar-refractivity contribution in [3.05, 3.63) is 0 Å². The SMILES string of the molecule is CC(C)NCC1(CN(C)CC(F)(F)F)CCCCC1. The third-order valence-electron chi connectivity index (χ3n) is 3.85. The van der Waals surface area contributed by atoms with Crippen molar-refractivity contribution in [3.63, 3.8) is 0 Å². The monoisotopic (exact) mass is 280 g/mol. The number of nitrogens with zero attached hydrogens (tertiary/aromatic N) is 1. The zero-order chi connectivity index (χ0) is 14.5. The van der Waals surface area contributed by atoms with Gasteiger partial charge in [-0.25, -0.2) is 0 Å². The Labute approximate surface area is 114 Å². The van der Waals surface area contributed by atoms with E-state index >= 15 is 0 Å². The summed E-state index contributed by atoms with van der Waals surface area (Å²) in [7, 11) is 1.58. The molecule has 5 heteroatoms. The van der Waals surface area contributed by atoms with Gasteiger partial charge in [-0.3, -0.25) is 4.90 Å². The summed E-state index contributed by atoms with van der Waals surface area (Å²) < 4.78 is 37.3. The van der Waals surface area contributed by atoms with Gasteiger partial charge in [0.25, 0.3) is 0 Å². The molecule has 0 aliphatic heterocycles. The summed E-state index contributed by atoms with van der Waals surface area (Å²) in [5.74, 6) is 0. The van der Waals surface area contributed by atoms with Crippen molar-refractivity contribution in [1.82, 2.24) is 10.2 Å². The first-order valence-corrected chi connectivity index (χ1v) is 7.21. The molecule has 1 rings (SSSR count). The molecule has 0 radical (unpaired) electrons. The van der Waals surface area contributed by atoms with Crippen molar-refractivity contribution in [2.45, 2.75) is 58.2 Å². The van der Waals surface area contributed by atoms with Crippen LogP contribution < -0.4 is 5.32 Å². The number of hydrogen-bond donors (Lipinski definition) is 1. The van der Waals surface area contributed by atoms with E-state index in [0.29, 0.717) is 12.6 Å². The van der Waals surface area contributed by atoms with Crippen molar-refractivity contribution in [3.8, 4) is 0 Å². The Hall–Kier alpha value is -0.290. The fourth-order valence-corrected chi connectivity index (χ4v) is 3.05. The predicted molar refractivity (Wildman–Crippen MR) is 72.2 cm³/mol. The number of nitrogens with one attached hydrogen (secondary N) is 1. The minimum absolute atomic E-state index is 0.0164. The van der Waals surface area contributed by atoms with E-state index in [-0.39, 0.29) is 5.41 Å². The second kappa shape index (κ2) is 6.93. The maximum Gasteiger partial charge on any atom is 0.401 e. The third-order valence-corrected chi connectivity index (χ3v) is 3.85. The van der Waals surface area contributed by atoms with E-state index in [2.05, 4.69) is 19.2 Å². The molecule has 0 saturated heterocycles. The molecule has 1 N–H and O–H groups in total. The molecule has 114 valence electrons. The van der Waals surface area contributed by atoms with Gasteiger partial charge in [-0.2, -0.15) is 13.2 Å². The van der Waals surface area contributed by atoms with Crippen molar-refractivity contribution in [2.24, 2.45) is 5.41 Å². The van der Waals surface area contributed by atoms with Gasteiger partial charge < -0.3 is 5.32 Å². The Morgan fingerprint density at radius 2 is 1.74 bits per heavy atom. The van der Waals surface area contributed by atoms with E-state index < -0.39 is 12.7 Å². The third kappa shape index (κ3) is 6.61. The van der Waals surface area contributed by atoms with Gasteiger partial charge in [0.15, 0.2) is 0 Å². The second-order valence-corrected chi connectivity index (χ2v) is 6.38. The van der Waals surface area contributed by atoms with Gasteiger partial charge in [-0.1, -0.05) is 33.1 Å². The first-order valence-electron chi connectivity index (χ1n) is 7.21. The Morgan fingerprint density at radius 1 is 1.16 bits per heavy atom. The number of rotatable bonds is 6. The van der Waals surface area contributed by atoms with Crippen LogP contribution in [0.1, 0.15) is 46.0 Å². The molecular weight excluding hydrogens is 253 g/mol. The zero-order valence-electron chi connectivity index (χ0n) is 12.3. The van der Waals surface area contributed by atoms with Gasteiger partial charge in [-0.05, 0) is 25.3 Å². The molecule has 1 aliphatic carbocycles. The molecule has 0 aromatic carbocycles. The largest absolute Gasteiger partial charge is 0.401 e. The van der Waals surface area contributed by atoms with Gasteiger partial charge in [0.1, 0.15) is 0 Å². The summed E-state index contributed by atoms with van der Waals surface area (Å²) in [5, 5.41) is 3.42. The normalized spacial score (nSPS) is 20.2. The van der Waals surface area contributed by atoms with Crippen LogP contribution in [-0.2, 0) is 0 Å². The Bertz CT molecular complexity index is 258. The fraction of sp³-hybridized carbons (Fsp3) is 1.00. The van der Waals surface area contributed by atoms with Gasteiger partial charge in [0.2, 0.25) is 0 Å². The molecule has 0 aromatic heterocycles. The van der Waals surface area contributed by atoms with Crippen molar-refractivity contribution >= 4 is 0 Å². The van der Waals surface area contributed by atoms with E-state index in [0.717, 1.165) is 32.2 Å². The number of halogens is 3. The molecule has 0 aromatic rings. The molecule has 0 amide bonds. The summed E-state index contributed by atoms with van der Waals surface area (Å²) in [6, 6.07) is 0.381. The lowest BCUT2D eigenvalue weighted by Crippen LogP contribution is -2.47. The molecule has 2 nitrogen and oxygen atoms in total. The Kier molecular flexibility index (Phi) is 6.12. The van der Waals surface area contributed by atoms with Crippen LogP contribution in [0.2, 0.25) is 0 Å².